The second-order valence-electron chi connectivity index (χ2n) is 8.81. The van der Waals surface area contributed by atoms with E-state index in [0.717, 1.165) is 17.1 Å². The number of fused-ring (bicyclic) bond motifs is 1. The Kier molecular flexibility index (Phi) is 6.90. The Morgan fingerprint density at radius 2 is 1.67 bits per heavy atom. The third-order valence-corrected chi connectivity index (χ3v) is 8.51. The van der Waals surface area contributed by atoms with Crippen LogP contribution in [0.5, 0.6) is 11.5 Å². The number of carbonyl (C=O) groups is 1. The Bertz CT molecular complexity index is 1390. The maximum Gasteiger partial charge on any atom is 0.255 e. The van der Waals surface area contributed by atoms with Gasteiger partial charge in [-0.05, 0) is 72.6 Å². The van der Waals surface area contributed by atoms with Crippen LogP contribution in [0.15, 0.2) is 65.6 Å². The van der Waals surface area contributed by atoms with E-state index >= 15 is 0 Å². The van der Waals surface area contributed by atoms with Crippen molar-refractivity contribution in [3.8, 4) is 11.5 Å². The number of hydrogen-bond acceptors (Lipinski definition) is 6. The Morgan fingerprint density at radius 3 is 2.39 bits per heavy atom. The highest BCUT2D eigenvalue weighted by atomic mass is 35.5. The number of ether oxygens (including phenoxy) is 2. The number of hydrogen-bond donors (Lipinski definition) is 1. The van der Waals surface area contributed by atoms with Crippen LogP contribution in [0, 0.1) is 6.92 Å². The first-order chi connectivity index (χ1) is 17.3. The highest BCUT2D eigenvalue weighted by molar-refractivity contribution is 7.89. The van der Waals surface area contributed by atoms with Crippen LogP contribution in [0.25, 0.3) is 0 Å². The van der Waals surface area contributed by atoms with E-state index in [2.05, 4.69) is 10.2 Å². The molecule has 0 saturated carbocycles. The number of amides is 1. The standard InChI is InChI=1S/C26H26ClN3O5S/c1-18-14-22(7-8-23(18)28-26(31)20-3-5-21(27)6-4-20)36(32,33)30-12-10-29(11-13-30)16-19-2-9-24-25(15-19)35-17-34-24/h2-9,14-15H,10-13,16-17H2,1H3,(H,28,31). The van der Waals surface area contributed by atoms with Gasteiger partial charge in [0.15, 0.2) is 11.5 Å². The molecule has 0 aromatic heterocycles. The summed E-state index contributed by atoms with van der Waals surface area (Å²) in [7, 11) is -3.65. The Morgan fingerprint density at radius 1 is 0.944 bits per heavy atom. The zero-order valence-corrected chi connectivity index (χ0v) is 21.3. The molecule has 1 saturated heterocycles. The minimum Gasteiger partial charge on any atom is -0.454 e. The van der Waals surface area contributed by atoms with Crippen LogP contribution in [0.1, 0.15) is 21.5 Å². The summed E-state index contributed by atoms with van der Waals surface area (Å²) in [4.78, 5) is 15.0. The van der Waals surface area contributed by atoms with Gasteiger partial charge >= 0.3 is 0 Å². The Labute approximate surface area is 215 Å². The first kappa shape index (κ1) is 24.6. The van der Waals surface area contributed by atoms with Crippen LogP contribution in [0.2, 0.25) is 5.02 Å². The molecule has 188 valence electrons. The van der Waals surface area contributed by atoms with Gasteiger partial charge < -0.3 is 14.8 Å². The summed E-state index contributed by atoms with van der Waals surface area (Å²) >= 11 is 5.88. The molecule has 0 spiro atoms. The number of nitrogens with one attached hydrogen (secondary N) is 1. The molecule has 1 fully saturated rings. The van der Waals surface area contributed by atoms with E-state index in [1.54, 1.807) is 49.4 Å². The molecule has 2 heterocycles. The van der Waals surface area contributed by atoms with Crippen molar-refractivity contribution in [1.29, 1.82) is 0 Å². The van der Waals surface area contributed by atoms with E-state index in [1.165, 1.54) is 4.31 Å². The molecule has 1 amide bonds. The predicted octanol–water partition coefficient (Wildman–Crippen LogP) is 4.14. The van der Waals surface area contributed by atoms with Crippen LogP contribution in [0.4, 0.5) is 5.69 Å². The molecule has 8 nitrogen and oxygen atoms in total. The molecule has 36 heavy (non-hydrogen) atoms. The van der Waals surface area contributed by atoms with Crippen molar-refractivity contribution in [1.82, 2.24) is 9.21 Å². The summed E-state index contributed by atoms with van der Waals surface area (Å²) in [5.74, 6) is 1.21. The van der Waals surface area contributed by atoms with E-state index in [1.807, 2.05) is 18.2 Å². The molecule has 0 bridgehead atoms. The molecular formula is C26H26ClN3O5S. The molecule has 1 N–H and O–H groups in total. The lowest BCUT2D eigenvalue weighted by Gasteiger charge is -2.34. The van der Waals surface area contributed by atoms with Crippen LogP contribution in [-0.4, -0.2) is 56.5 Å². The fourth-order valence-corrected chi connectivity index (χ4v) is 5.94. The van der Waals surface area contributed by atoms with Crippen LogP contribution >= 0.6 is 11.6 Å². The summed E-state index contributed by atoms with van der Waals surface area (Å²) in [6, 6.07) is 17.2. The molecule has 0 aliphatic carbocycles. The van der Waals surface area contributed by atoms with Crippen LogP contribution < -0.4 is 14.8 Å². The summed E-state index contributed by atoms with van der Waals surface area (Å²) in [6.45, 7) is 4.79. The topological polar surface area (TPSA) is 88.2 Å². The van der Waals surface area contributed by atoms with Gasteiger partial charge in [-0.2, -0.15) is 4.31 Å². The van der Waals surface area contributed by atoms with E-state index in [0.29, 0.717) is 54.6 Å². The van der Waals surface area contributed by atoms with Crippen LogP contribution in [0.3, 0.4) is 0 Å². The van der Waals surface area contributed by atoms with Gasteiger partial charge in [-0.25, -0.2) is 8.42 Å². The Balaban J connectivity index is 1.21. The lowest BCUT2D eigenvalue weighted by Crippen LogP contribution is -2.48. The smallest absolute Gasteiger partial charge is 0.255 e. The van der Waals surface area contributed by atoms with Crippen molar-refractivity contribution in [3.63, 3.8) is 0 Å². The first-order valence-electron chi connectivity index (χ1n) is 11.6. The van der Waals surface area contributed by atoms with Gasteiger partial charge in [0.25, 0.3) is 5.91 Å². The number of aryl methyl sites for hydroxylation is 1. The van der Waals surface area contributed by atoms with Crippen molar-refractivity contribution in [3.05, 3.63) is 82.4 Å². The quantitative estimate of drug-likeness (QED) is 0.518. The molecular weight excluding hydrogens is 502 g/mol. The van der Waals surface area contributed by atoms with E-state index in [4.69, 9.17) is 21.1 Å². The number of anilines is 1. The zero-order chi connectivity index (χ0) is 25.3. The third-order valence-electron chi connectivity index (χ3n) is 6.36. The van der Waals surface area contributed by atoms with Crippen molar-refractivity contribution in [2.45, 2.75) is 18.4 Å². The van der Waals surface area contributed by atoms with Crippen molar-refractivity contribution < 1.29 is 22.7 Å². The number of benzene rings is 3. The van der Waals surface area contributed by atoms with Gasteiger partial charge in [-0.3, -0.25) is 9.69 Å². The predicted molar refractivity (Wildman–Crippen MR) is 137 cm³/mol. The second kappa shape index (κ2) is 10.1. The zero-order valence-electron chi connectivity index (χ0n) is 19.7. The van der Waals surface area contributed by atoms with Gasteiger partial charge in [-0.1, -0.05) is 17.7 Å². The van der Waals surface area contributed by atoms with E-state index < -0.39 is 10.0 Å². The number of halogens is 1. The molecule has 0 unspecified atom stereocenters. The number of rotatable bonds is 6. The van der Waals surface area contributed by atoms with Crippen molar-refractivity contribution >= 4 is 33.2 Å². The molecule has 0 radical (unpaired) electrons. The summed E-state index contributed by atoms with van der Waals surface area (Å²) in [5.41, 5.74) is 2.79. The SMILES string of the molecule is Cc1cc(S(=O)(=O)N2CCN(Cc3ccc4c(c3)OCO4)CC2)ccc1NC(=O)c1ccc(Cl)cc1. The first-order valence-corrected chi connectivity index (χ1v) is 13.4. The number of nitrogens with zero attached hydrogens (tertiary/aromatic N) is 2. The Hall–Kier alpha value is -3.11. The van der Waals surface area contributed by atoms with Crippen molar-refractivity contribution in [2.75, 3.05) is 38.3 Å². The highest BCUT2D eigenvalue weighted by Crippen LogP contribution is 2.33. The van der Waals surface area contributed by atoms with E-state index in [-0.39, 0.29) is 17.6 Å². The van der Waals surface area contributed by atoms with Crippen molar-refractivity contribution in [2.24, 2.45) is 0 Å². The average molecular weight is 528 g/mol. The monoisotopic (exact) mass is 527 g/mol. The fraction of sp³-hybridized carbons (Fsp3) is 0.269. The van der Waals surface area contributed by atoms with Crippen LogP contribution in [-0.2, 0) is 16.6 Å². The van der Waals surface area contributed by atoms with Gasteiger partial charge in [-0.15, -0.1) is 0 Å². The number of sulfonamides is 1. The lowest BCUT2D eigenvalue weighted by atomic mass is 10.1. The minimum absolute atomic E-state index is 0.216. The molecule has 10 heteroatoms. The third kappa shape index (κ3) is 5.19. The largest absolute Gasteiger partial charge is 0.454 e. The maximum atomic E-state index is 13.3. The van der Waals surface area contributed by atoms with Gasteiger partial charge in [0.1, 0.15) is 0 Å². The summed E-state index contributed by atoms with van der Waals surface area (Å²) < 4.78 is 38.9. The second-order valence-corrected chi connectivity index (χ2v) is 11.2. The molecule has 2 aliphatic rings. The minimum atomic E-state index is -3.65. The molecule has 5 rings (SSSR count). The normalized spacial score (nSPS) is 16.2. The molecule has 3 aromatic carbocycles. The molecule has 0 atom stereocenters. The average Bonchev–Trinajstić information content (AvgIpc) is 3.34. The highest BCUT2D eigenvalue weighted by Gasteiger charge is 2.29. The van der Waals surface area contributed by atoms with E-state index in [9.17, 15) is 13.2 Å². The molecule has 3 aromatic rings. The van der Waals surface area contributed by atoms with Gasteiger partial charge in [0.2, 0.25) is 16.8 Å². The number of carbonyl (C=O) groups excluding carboxylic acids is 1. The van der Waals surface area contributed by atoms with Gasteiger partial charge in [0.05, 0.1) is 4.90 Å². The lowest BCUT2D eigenvalue weighted by molar-refractivity contribution is 0.102. The molecule has 2 aliphatic heterocycles. The van der Waals surface area contributed by atoms with Gasteiger partial charge in [0, 0.05) is 49.0 Å². The fourth-order valence-electron chi connectivity index (χ4n) is 4.31. The summed E-state index contributed by atoms with van der Waals surface area (Å²) in [6.07, 6.45) is 0. The summed E-state index contributed by atoms with van der Waals surface area (Å²) in [5, 5.41) is 3.38. The maximum absolute atomic E-state index is 13.3. The number of piperazine rings is 1.